The summed E-state index contributed by atoms with van der Waals surface area (Å²) in [5.41, 5.74) is 0.489. The molecule has 0 bridgehead atoms. The minimum atomic E-state index is -0.791. The number of ether oxygens (including phenoxy) is 1. The van der Waals surface area contributed by atoms with Gasteiger partial charge in [0.15, 0.2) is 0 Å². The van der Waals surface area contributed by atoms with Crippen LogP contribution in [0, 0.1) is 0 Å². The zero-order valence-electron chi connectivity index (χ0n) is 11.9. The molecule has 0 amide bonds. The zero-order valence-corrected chi connectivity index (χ0v) is 11.9. The van der Waals surface area contributed by atoms with Crippen molar-refractivity contribution in [3.05, 3.63) is 71.3 Å². The third-order valence-electron chi connectivity index (χ3n) is 3.32. The van der Waals surface area contributed by atoms with E-state index in [1.54, 1.807) is 18.2 Å². The molecule has 1 heterocycles. The third kappa shape index (κ3) is 3.15. The summed E-state index contributed by atoms with van der Waals surface area (Å²) in [6.45, 7) is 0.257. The van der Waals surface area contributed by atoms with Crippen molar-refractivity contribution in [2.75, 3.05) is 6.61 Å². The van der Waals surface area contributed by atoms with Crippen LogP contribution in [0.2, 0.25) is 0 Å². The maximum Gasteiger partial charge on any atom is 0.261 e. The molecule has 0 aliphatic carbocycles. The second-order valence-electron chi connectivity index (χ2n) is 5.00. The number of aliphatic hydroxyl groups excluding tert-OH is 1. The summed E-state index contributed by atoms with van der Waals surface area (Å²) in [6.07, 6.45) is 0.664. The number of benzene rings is 2. The van der Waals surface area contributed by atoms with E-state index in [0.29, 0.717) is 16.7 Å². The number of aliphatic hydroxyl groups is 1. The second-order valence-corrected chi connectivity index (χ2v) is 5.00. The molecule has 1 atom stereocenters. The second kappa shape index (κ2) is 6.41. The minimum absolute atomic E-state index is 0.114. The summed E-state index contributed by atoms with van der Waals surface area (Å²) in [4.78, 5) is 16.5. The van der Waals surface area contributed by atoms with Crippen LogP contribution >= 0.6 is 0 Å². The number of fused-ring (bicyclic) bond motifs is 1. The molecular formula is C17H16N2O3. The first kappa shape index (κ1) is 14.3. The summed E-state index contributed by atoms with van der Waals surface area (Å²) < 4.78 is 6.89. The normalized spacial score (nSPS) is 12.2. The number of para-hydroxylation sites is 2. The van der Waals surface area contributed by atoms with Crippen molar-refractivity contribution >= 4 is 10.9 Å². The van der Waals surface area contributed by atoms with E-state index in [2.05, 4.69) is 4.98 Å². The number of nitrogens with zero attached hydrogens (tertiary/aromatic N) is 2. The standard InChI is InChI=1S/C17H16N2O3/c20-13(11-22-14-6-2-1-3-7-14)10-19-12-18-16-9-5-4-8-15(16)17(19)21/h1-9,12-13,20H,10-11H2/t13-/m1/s1. The first-order valence-electron chi connectivity index (χ1n) is 7.04. The average molecular weight is 296 g/mol. The molecular weight excluding hydrogens is 280 g/mol. The highest BCUT2D eigenvalue weighted by atomic mass is 16.5. The maximum absolute atomic E-state index is 12.3. The fourth-order valence-electron chi connectivity index (χ4n) is 2.23. The Morgan fingerprint density at radius 2 is 1.82 bits per heavy atom. The highest BCUT2D eigenvalue weighted by molar-refractivity contribution is 5.76. The van der Waals surface area contributed by atoms with E-state index in [-0.39, 0.29) is 18.7 Å². The topological polar surface area (TPSA) is 64.4 Å². The Labute approximate surface area is 127 Å². The van der Waals surface area contributed by atoms with Crippen LogP contribution in [0.5, 0.6) is 5.75 Å². The molecule has 3 rings (SSSR count). The molecule has 3 aromatic rings. The molecule has 112 valence electrons. The van der Waals surface area contributed by atoms with Gasteiger partial charge in [0.1, 0.15) is 18.5 Å². The van der Waals surface area contributed by atoms with Crippen molar-refractivity contribution in [1.82, 2.24) is 9.55 Å². The predicted molar refractivity (Wildman–Crippen MR) is 83.9 cm³/mol. The van der Waals surface area contributed by atoms with Crippen LogP contribution in [0.25, 0.3) is 10.9 Å². The average Bonchev–Trinajstić information content (AvgIpc) is 2.57. The Bertz CT molecular complexity index is 815. The molecule has 0 aliphatic rings. The van der Waals surface area contributed by atoms with E-state index in [1.807, 2.05) is 36.4 Å². The molecule has 22 heavy (non-hydrogen) atoms. The quantitative estimate of drug-likeness (QED) is 0.780. The van der Waals surface area contributed by atoms with Crippen molar-refractivity contribution in [2.24, 2.45) is 0 Å². The lowest BCUT2D eigenvalue weighted by molar-refractivity contribution is 0.0915. The Hall–Kier alpha value is -2.66. The van der Waals surface area contributed by atoms with Crippen LogP contribution in [0.3, 0.4) is 0 Å². The van der Waals surface area contributed by atoms with Crippen molar-refractivity contribution in [2.45, 2.75) is 12.6 Å². The van der Waals surface area contributed by atoms with Gasteiger partial charge in [0.05, 0.1) is 23.8 Å². The van der Waals surface area contributed by atoms with Gasteiger partial charge < -0.3 is 9.84 Å². The van der Waals surface area contributed by atoms with E-state index in [1.165, 1.54) is 10.9 Å². The molecule has 2 aromatic carbocycles. The Balaban J connectivity index is 1.70. The van der Waals surface area contributed by atoms with Gasteiger partial charge in [-0.3, -0.25) is 9.36 Å². The minimum Gasteiger partial charge on any atom is -0.491 e. The molecule has 1 aromatic heterocycles. The first-order chi connectivity index (χ1) is 10.7. The predicted octanol–water partition coefficient (Wildman–Crippen LogP) is 1.84. The third-order valence-corrected chi connectivity index (χ3v) is 3.32. The van der Waals surface area contributed by atoms with Crippen LogP contribution in [-0.2, 0) is 6.54 Å². The Kier molecular flexibility index (Phi) is 4.16. The summed E-state index contributed by atoms with van der Waals surface area (Å²) >= 11 is 0. The highest BCUT2D eigenvalue weighted by Gasteiger charge is 2.10. The number of hydrogen-bond donors (Lipinski definition) is 1. The zero-order chi connectivity index (χ0) is 15.4. The van der Waals surface area contributed by atoms with E-state index in [4.69, 9.17) is 4.74 Å². The lowest BCUT2D eigenvalue weighted by Crippen LogP contribution is -2.30. The number of hydrogen-bond acceptors (Lipinski definition) is 4. The van der Waals surface area contributed by atoms with Crippen LogP contribution in [0.15, 0.2) is 65.7 Å². The molecule has 0 saturated heterocycles. The van der Waals surface area contributed by atoms with E-state index in [0.717, 1.165) is 0 Å². The van der Waals surface area contributed by atoms with E-state index in [9.17, 15) is 9.90 Å². The maximum atomic E-state index is 12.3. The van der Waals surface area contributed by atoms with Crippen molar-refractivity contribution in [3.8, 4) is 5.75 Å². The van der Waals surface area contributed by atoms with Crippen molar-refractivity contribution in [3.63, 3.8) is 0 Å². The summed E-state index contributed by atoms with van der Waals surface area (Å²) in [5.74, 6) is 0.686. The van der Waals surface area contributed by atoms with E-state index < -0.39 is 6.10 Å². The highest BCUT2D eigenvalue weighted by Crippen LogP contribution is 2.09. The van der Waals surface area contributed by atoms with Gasteiger partial charge in [-0.25, -0.2) is 4.98 Å². The molecule has 0 saturated carbocycles. The monoisotopic (exact) mass is 296 g/mol. The van der Waals surface area contributed by atoms with Gasteiger partial charge in [0.2, 0.25) is 0 Å². The van der Waals surface area contributed by atoms with Crippen LogP contribution in [-0.4, -0.2) is 27.4 Å². The smallest absolute Gasteiger partial charge is 0.261 e. The molecule has 1 N–H and O–H groups in total. The van der Waals surface area contributed by atoms with Gasteiger partial charge in [-0.2, -0.15) is 0 Å². The Morgan fingerprint density at radius 3 is 2.64 bits per heavy atom. The first-order valence-corrected chi connectivity index (χ1v) is 7.04. The van der Waals surface area contributed by atoms with Crippen molar-refractivity contribution < 1.29 is 9.84 Å². The molecule has 0 radical (unpaired) electrons. The molecule has 0 unspecified atom stereocenters. The number of rotatable bonds is 5. The Morgan fingerprint density at radius 1 is 1.09 bits per heavy atom. The van der Waals surface area contributed by atoms with Gasteiger partial charge >= 0.3 is 0 Å². The molecule has 0 aliphatic heterocycles. The largest absolute Gasteiger partial charge is 0.491 e. The van der Waals surface area contributed by atoms with Crippen LogP contribution in [0.1, 0.15) is 0 Å². The lowest BCUT2D eigenvalue weighted by atomic mass is 10.2. The van der Waals surface area contributed by atoms with Crippen molar-refractivity contribution in [1.29, 1.82) is 0 Å². The van der Waals surface area contributed by atoms with E-state index >= 15 is 0 Å². The SMILES string of the molecule is O=c1c2ccccc2ncn1C[C@@H](O)COc1ccccc1. The molecule has 5 nitrogen and oxygen atoms in total. The molecule has 0 spiro atoms. The number of aromatic nitrogens is 2. The van der Waals surface area contributed by atoms with Crippen LogP contribution in [0.4, 0.5) is 0 Å². The van der Waals surface area contributed by atoms with Gasteiger partial charge in [0, 0.05) is 0 Å². The summed E-state index contributed by atoms with van der Waals surface area (Å²) in [7, 11) is 0. The fraction of sp³-hybridized carbons (Fsp3) is 0.176. The van der Waals surface area contributed by atoms with Crippen LogP contribution < -0.4 is 10.3 Å². The lowest BCUT2D eigenvalue weighted by Gasteiger charge is -2.14. The molecule has 0 fully saturated rings. The summed E-state index contributed by atoms with van der Waals surface area (Å²) in [6, 6.07) is 16.4. The fourth-order valence-corrected chi connectivity index (χ4v) is 2.23. The van der Waals surface area contributed by atoms with Gasteiger partial charge in [-0.15, -0.1) is 0 Å². The molecule has 5 heteroatoms. The van der Waals surface area contributed by atoms with Gasteiger partial charge in [0.25, 0.3) is 5.56 Å². The van der Waals surface area contributed by atoms with Gasteiger partial charge in [-0.1, -0.05) is 30.3 Å². The summed E-state index contributed by atoms with van der Waals surface area (Å²) in [5, 5.41) is 10.6. The van der Waals surface area contributed by atoms with Gasteiger partial charge in [-0.05, 0) is 24.3 Å².